The predicted molar refractivity (Wildman–Crippen MR) is 105 cm³/mol. The average Bonchev–Trinajstić information content (AvgIpc) is 2.60. The van der Waals surface area contributed by atoms with Crippen molar-refractivity contribution >= 4 is 11.9 Å². The van der Waals surface area contributed by atoms with Gasteiger partial charge in [-0.2, -0.15) is 0 Å². The largest absolute Gasteiger partial charge is 0.457 e. The van der Waals surface area contributed by atoms with Gasteiger partial charge in [0.05, 0.1) is 5.41 Å². The van der Waals surface area contributed by atoms with Crippen LogP contribution in [0.2, 0.25) is 0 Å². The highest BCUT2D eigenvalue weighted by Gasteiger charge is 2.44. The number of carbonyl (C=O) groups is 2. The Kier molecular flexibility index (Phi) is 7.11. The Balaban J connectivity index is 2.66. The minimum Gasteiger partial charge on any atom is -0.457 e. The summed E-state index contributed by atoms with van der Waals surface area (Å²) < 4.78 is 11.1. The van der Waals surface area contributed by atoms with E-state index < -0.39 is 23.0 Å². The molecule has 0 bridgehead atoms. The average molecular weight is 367 g/mol. The number of carbonyl (C=O) groups excluding carboxylic acids is 2. The van der Waals surface area contributed by atoms with Crippen molar-refractivity contribution in [3.05, 3.63) is 12.7 Å². The highest BCUT2D eigenvalue weighted by Crippen LogP contribution is 2.46. The zero-order chi connectivity index (χ0) is 20.2. The molecule has 0 saturated heterocycles. The van der Waals surface area contributed by atoms with Gasteiger partial charge in [0.25, 0.3) is 0 Å². The van der Waals surface area contributed by atoms with E-state index in [1.165, 1.54) is 0 Å². The van der Waals surface area contributed by atoms with Crippen molar-refractivity contribution < 1.29 is 19.1 Å². The summed E-state index contributed by atoms with van der Waals surface area (Å²) in [5.74, 6) is -0.898. The fourth-order valence-corrected chi connectivity index (χ4v) is 3.43. The molecule has 1 saturated carbocycles. The Morgan fingerprint density at radius 1 is 1.04 bits per heavy atom. The minimum absolute atomic E-state index is 0.342. The van der Waals surface area contributed by atoms with E-state index in [0.29, 0.717) is 5.41 Å². The topological polar surface area (TPSA) is 52.6 Å². The van der Waals surface area contributed by atoms with Crippen molar-refractivity contribution in [3.63, 3.8) is 0 Å². The molecule has 4 nitrogen and oxygen atoms in total. The van der Waals surface area contributed by atoms with Gasteiger partial charge in [0.15, 0.2) is 6.61 Å². The van der Waals surface area contributed by atoms with Crippen LogP contribution in [0.15, 0.2) is 12.7 Å². The second-order valence-corrected chi connectivity index (χ2v) is 9.41. The Hall–Kier alpha value is -1.32. The third kappa shape index (κ3) is 4.89. The van der Waals surface area contributed by atoms with Gasteiger partial charge in [0, 0.05) is 0 Å². The maximum Gasteiger partial charge on any atom is 0.344 e. The summed E-state index contributed by atoms with van der Waals surface area (Å²) in [5.41, 5.74) is -1.28. The Morgan fingerprint density at radius 2 is 1.58 bits per heavy atom. The number of hydrogen-bond acceptors (Lipinski definition) is 4. The van der Waals surface area contributed by atoms with E-state index >= 15 is 0 Å². The molecule has 0 heterocycles. The van der Waals surface area contributed by atoms with Gasteiger partial charge in [-0.1, -0.05) is 54.0 Å². The van der Waals surface area contributed by atoms with Crippen LogP contribution in [0, 0.1) is 16.2 Å². The van der Waals surface area contributed by atoms with E-state index in [9.17, 15) is 9.59 Å². The highest BCUT2D eigenvalue weighted by atomic mass is 16.6. The SMILES string of the molecule is C=CC(C)(C(=O)OCC(=O)OC1(CC)CCC(C)(CC)CC1)C(C)(C)C. The number of hydrogen-bond donors (Lipinski definition) is 0. The first-order valence-corrected chi connectivity index (χ1v) is 9.90. The van der Waals surface area contributed by atoms with E-state index in [1.54, 1.807) is 13.0 Å². The molecule has 4 heteroatoms. The van der Waals surface area contributed by atoms with Crippen molar-refractivity contribution in [2.75, 3.05) is 6.61 Å². The number of esters is 2. The molecule has 0 radical (unpaired) electrons. The second kappa shape index (κ2) is 8.14. The third-order valence-electron chi connectivity index (χ3n) is 6.91. The lowest BCUT2D eigenvalue weighted by atomic mass is 9.67. The van der Waals surface area contributed by atoms with Gasteiger partial charge in [0.2, 0.25) is 0 Å². The number of rotatable bonds is 7. The van der Waals surface area contributed by atoms with Crippen LogP contribution in [0.25, 0.3) is 0 Å². The normalized spacial score (nSPS) is 28.7. The summed E-state index contributed by atoms with van der Waals surface area (Å²) in [6.07, 6.45) is 7.40. The van der Waals surface area contributed by atoms with E-state index in [0.717, 1.165) is 38.5 Å². The van der Waals surface area contributed by atoms with E-state index in [2.05, 4.69) is 27.4 Å². The molecular formula is C22H38O4. The molecule has 1 fully saturated rings. The molecule has 0 aromatic heterocycles. The molecule has 26 heavy (non-hydrogen) atoms. The third-order valence-corrected chi connectivity index (χ3v) is 6.91. The highest BCUT2D eigenvalue weighted by molar-refractivity contribution is 5.82. The van der Waals surface area contributed by atoms with Gasteiger partial charge < -0.3 is 9.47 Å². The lowest BCUT2D eigenvalue weighted by molar-refractivity contribution is -0.179. The summed E-state index contributed by atoms with van der Waals surface area (Å²) in [6, 6.07) is 0. The van der Waals surface area contributed by atoms with Crippen LogP contribution in [-0.2, 0) is 19.1 Å². The van der Waals surface area contributed by atoms with Crippen molar-refractivity contribution in [1.29, 1.82) is 0 Å². The first kappa shape index (κ1) is 22.7. The standard InChI is InChI=1S/C22H38O4/c1-9-20(7)12-14-22(11-3,15-13-20)26-17(23)16-25-18(24)21(8,10-2)19(4,5)6/h10H,2,9,11-16H2,1,3-8H3. The molecule has 0 spiro atoms. The monoisotopic (exact) mass is 366 g/mol. The maximum atomic E-state index is 12.5. The van der Waals surface area contributed by atoms with Crippen LogP contribution in [0.5, 0.6) is 0 Å². The first-order valence-electron chi connectivity index (χ1n) is 9.90. The molecule has 0 aromatic carbocycles. The quantitative estimate of drug-likeness (QED) is 0.444. The summed E-state index contributed by atoms with van der Waals surface area (Å²) in [6.45, 7) is 17.6. The van der Waals surface area contributed by atoms with Gasteiger partial charge in [-0.3, -0.25) is 4.79 Å². The van der Waals surface area contributed by atoms with Crippen LogP contribution >= 0.6 is 0 Å². The summed E-state index contributed by atoms with van der Waals surface area (Å²) in [4.78, 5) is 24.9. The predicted octanol–water partition coefficient (Wildman–Crippen LogP) is 5.45. The van der Waals surface area contributed by atoms with Crippen molar-refractivity contribution in [2.45, 2.75) is 92.6 Å². The molecule has 0 aliphatic heterocycles. The molecule has 0 aromatic rings. The molecule has 0 amide bonds. The summed E-state index contributed by atoms with van der Waals surface area (Å²) in [7, 11) is 0. The summed E-state index contributed by atoms with van der Waals surface area (Å²) >= 11 is 0. The molecule has 1 unspecified atom stereocenters. The molecule has 0 N–H and O–H groups in total. The minimum atomic E-state index is -0.858. The van der Waals surface area contributed by atoms with Gasteiger partial charge in [0.1, 0.15) is 5.60 Å². The molecule has 1 aliphatic carbocycles. The van der Waals surface area contributed by atoms with Crippen LogP contribution in [-0.4, -0.2) is 24.1 Å². The van der Waals surface area contributed by atoms with E-state index in [4.69, 9.17) is 9.47 Å². The Morgan fingerprint density at radius 3 is 1.96 bits per heavy atom. The molecule has 1 atom stereocenters. The first-order chi connectivity index (χ1) is 11.9. The van der Waals surface area contributed by atoms with Gasteiger partial charge in [-0.15, -0.1) is 6.58 Å². The lowest BCUT2D eigenvalue weighted by Crippen LogP contribution is -2.43. The van der Waals surface area contributed by atoms with Crippen LogP contribution in [0.4, 0.5) is 0 Å². The molecule has 1 rings (SSSR count). The van der Waals surface area contributed by atoms with E-state index in [1.807, 2.05) is 20.8 Å². The van der Waals surface area contributed by atoms with Crippen molar-refractivity contribution in [1.82, 2.24) is 0 Å². The maximum absolute atomic E-state index is 12.5. The van der Waals surface area contributed by atoms with Crippen molar-refractivity contribution in [3.8, 4) is 0 Å². The van der Waals surface area contributed by atoms with Gasteiger partial charge >= 0.3 is 11.9 Å². The second-order valence-electron chi connectivity index (χ2n) is 9.41. The molecular weight excluding hydrogens is 328 g/mol. The molecule has 1 aliphatic rings. The zero-order valence-electron chi connectivity index (χ0n) is 17.9. The van der Waals surface area contributed by atoms with Gasteiger partial charge in [-0.25, -0.2) is 4.79 Å². The number of ether oxygens (including phenoxy) is 2. The Labute approximate surface area is 159 Å². The van der Waals surface area contributed by atoms with Crippen LogP contribution in [0.1, 0.15) is 87.0 Å². The fraction of sp³-hybridized carbons (Fsp3) is 0.818. The van der Waals surface area contributed by atoms with E-state index in [-0.39, 0.29) is 12.0 Å². The van der Waals surface area contributed by atoms with Crippen LogP contribution < -0.4 is 0 Å². The Bertz CT molecular complexity index is 521. The fourth-order valence-electron chi connectivity index (χ4n) is 3.43. The smallest absolute Gasteiger partial charge is 0.344 e. The summed E-state index contributed by atoms with van der Waals surface area (Å²) in [5, 5.41) is 0. The van der Waals surface area contributed by atoms with Crippen LogP contribution in [0.3, 0.4) is 0 Å². The van der Waals surface area contributed by atoms with Crippen molar-refractivity contribution in [2.24, 2.45) is 16.2 Å². The van der Waals surface area contributed by atoms with Gasteiger partial charge in [-0.05, 0) is 49.9 Å². The zero-order valence-corrected chi connectivity index (χ0v) is 17.9. The lowest BCUT2D eigenvalue weighted by Gasteiger charge is -2.44. The molecule has 150 valence electrons.